The Labute approximate surface area is 85.1 Å². The molecule has 0 atom stereocenters. The molecule has 13 heavy (non-hydrogen) atoms. The summed E-state index contributed by atoms with van der Waals surface area (Å²) >= 11 is 6.63. The van der Waals surface area contributed by atoms with Crippen molar-refractivity contribution in [2.75, 3.05) is 17.7 Å². The first-order valence-electron chi connectivity index (χ1n) is 3.50. The van der Waals surface area contributed by atoms with E-state index in [1.54, 1.807) is 0 Å². The lowest BCUT2D eigenvalue weighted by atomic mass is 10.4. The average Bonchev–Trinajstić information content (AvgIpc) is 2.62. The van der Waals surface area contributed by atoms with Gasteiger partial charge in [-0.15, -0.1) is 18.0 Å². The molecule has 1 rings (SSSR count). The van der Waals surface area contributed by atoms with Crippen LogP contribution in [0.15, 0.2) is 6.20 Å². The number of nitrogens with one attached hydrogen (secondary N) is 1. The summed E-state index contributed by atoms with van der Waals surface area (Å²) < 4.78 is 0. The van der Waals surface area contributed by atoms with E-state index in [9.17, 15) is 4.79 Å². The standard InChI is InChI=1S/C8H7ClN2OS/c1-2-3-10-8-11-5-7(13-8)6(12)4-9/h1,5H,3-4H2,(H,10,11). The molecule has 0 aromatic carbocycles. The van der Waals surface area contributed by atoms with Gasteiger partial charge in [0.25, 0.3) is 0 Å². The topological polar surface area (TPSA) is 42.0 Å². The molecule has 1 heterocycles. The smallest absolute Gasteiger partial charge is 0.189 e. The normalized spacial score (nSPS) is 9.23. The van der Waals surface area contributed by atoms with Crippen molar-refractivity contribution in [3.8, 4) is 12.3 Å². The molecule has 0 amide bonds. The van der Waals surface area contributed by atoms with Gasteiger partial charge >= 0.3 is 0 Å². The summed E-state index contributed by atoms with van der Waals surface area (Å²) in [7, 11) is 0. The van der Waals surface area contributed by atoms with E-state index in [0.29, 0.717) is 16.6 Å². The Morgan fingerprint density at radius 3 is 3.23 bits per heavy atom. The number of alkyl halides is 1. The Kier molecular flexibility index (Phi) is 3.74. The maximum absolute atomic E-state index is 11.1. The summed E-state index contributed by atoms with van der Waals surface area (Å²) in [5, 5.41) is 3.51. The number of hydrogen-bond donors (Lipinski definition) is 1. The van der Waals surface area contributed by atoms with Crippen molar-refractivity contribution in [1.82, 2.24) is 4.98 Å². The lowest BCUT2D eigenvalue weighted by Crippen LogP contribution is -1.97. The van der Waals surface area contributed by atoms with Gasteiger partial charge in [0, 0.05) is 0 Å². The SMILES string of the molecule is C#CCNc1ncc(C(=O)CCl)s1. The number of halogens is 1. The van der Waals surface area contributed by atoms with Crippen LogP contribution in [0.2, 0.25) is 0 Å². The number of ketones is 1. The van der Waals surface area contributed by atoms with Crippen LogP contribution in [-0.2, 0) is 0 Å². The predicted molar refractivity (Wildman–Crippen MR) is 54.5 cm³/mol. The molecule has 1 aromatic rings. The molecule has 68 valence electrons. The van der Waals surface area contributed by atoms with Crippen molar-refractivity contribution >= 4 is 33.9 Å². The number of Topliss-reactive ketones (excluding diaryl/α,β-unsaturated/α-hetero) is 1. The zero-order valence-electron chi connectivity index (χ0n) is 6.71. The van der Waals surface area contributed by atoms with Gasteiger partial charge < -0.3 is 5.32 Å². The highest BCUT2D eigenvalue weighted by Crippen LogP contribution is 2.18. The number of anilines is 1. The second-order valence-corrected chi connectivity index (χ2v) is 3.44. The lowest BCUT2D eigenvalue weighted by molar-refractivity contribution is 0.102. The molecule has 0 aliphatic heterocycles. The van der Waals surface area contributed by atoms with Crippen molar-refractivity contribution in [2.24, 2.45) is 0 Å². The van der Waals surface area contributed by atoms with Crippen molar-refractivity contribution in [3.05, 3.63) is 11.1 Å². The van der Waals surface area contributed by atoms with E-state index in [1.165, 1.54) is 17.5 Å². The molecule has 1 N–H and O–H groups in total. The Balaban J connectivity index is 2.64. The summed E-state index contributed by atoms with van der Waals surface area (Å²) in [5.41, 5.74) is 0. The van der Waals surface area contributed by atoms with E-state index in [-0.39, 0.29) is 11.7 Å². The van der Waals surface area contributed by atoms with Crippen LogP contribution in [0.5, 0.6) is 0 Å². The van der Waals surface area contributed by atoms with E-state index in [2.05, 4.69) is 16.2 Å². The summed E-state index contributed by atoms with van der Waals surface area (Å²) in [6.45, 7) is 0.405. The van der Waals surface area contributed by atoms with Crippen molar-refractivity contribution < 1.29 is 4.79 Å². The van der Waals surface area contributed by atoms with Crippen molar-refractivity contribution in [1.29, 1.82) is 0 Å². The highest BCUT2D eigenvalue weighted by atomic mass is 35.5. The summed E-state index contributed by atoms with van der Waals surface area (Å²) in [4.78, 5) is 15.6. The monoisotopic (exact) mass is 214 g/mol. The van der Waals surface area contributed by atoms with Crippen LogP contribution in [0.1, 0.15) is 9.67 Å². The maximum atomic E-state index is 11.1. The molecule has 0 saturated carbocycles. The summed E-state index contributed by atoms with van der Waals surface area (Å²) in [5.74, 6) is 2.28. The molecule has 0 unspecified atom stereocenters. The van der Waals surface area contributed by atoms with Crippen LogP contribution in [-0.4, -0.2) is 23.2 Å². The van der Waals surface area contributed by atoms with Crippen molar-refractivity contribution in [2.45, 2.75) is 0 Å². The van der Waals surface area contributed by atoms with Crippen LogP contribution in [0.4, 0.5) is 5.13 Å². The number of thiazole rings is 1. The zero-order valence-corrected chi connectivity index (χ0v) is 8.28. The third kappa shape index (κ3) is 2.72. The Morgan fingerprint density at radius 1 is 1.85 bits per heavy atom. The van der Waals surface area contributed by atoms with E-state index < -0.39 is 0 Å². The molecule has 1 aromatic heterocycles. The van der Waals surface area contributed by atoms with Crippen LogP contribution < -0.4 is 5.32 Å². The van der Waals surface area contributed by atoms with Gasteiger partial charge in [0.1, 0.15) is 0 Å². The summed E-state index contributed by atoms with van der Waals surface area (Å²) in [6.07, 6.45) is 6.54. The lowest BCUT2D eigenvalue weighted by Gasteiger charge is -1.92. The molecule has 0 spiro atoms. The molecular formula is C8H7ClN2OS. The highest BCUT2D eigenvalue weighted by molar-refractivity contribution is 7.17. The van der Waals surface area contributed by atoms with Gasteiger partial charge in [0.15, 0.2) is 10.9 Å². The Hall–Kier alpha value is -1.05. The molecule has 3 nitrogen and oxygen atoms in total. The zero-order chi connectivity index (χ0) is 9.68. The first-order valence-corrected chi connectivity index (χ1v) is 4.85. The summed E-state index contributed by atoms with van der Waals surface area (Å²) in [6, 6.07) is 0. The number of aromatic nitrogens is 1. The van der Waals surface area contributed by atoms with Crippen molar-refractivity contribution in [3.63, 3.8) is 0 Å². The van der Waals surface area contributed by atoms with E-state index in [4.69, 9.17) is 18.0 Å². The van der Waals surface area contributed by atoms with Crippen LogP contribution in [0, 0.1) is 12.3 Å². The minimum Gasteiger partial charge on any atom is -0.351 e. The van der Waals surface area contributed by atoms with Gasteiger partial charge in [-0.2, -0.15) is 0 Å². The minimum absolute atomic E-state index is 0.0171. The number of nitrogens with zero attached hydrogens (tertiary/aromatic N) is 1. The molecule has 0 radical (unpaired) electrons. The first-order chi connectivity index (χ1) is 6.27. The molecule has 5 heteroatoms. The van der Waals surface area contributed by atoms with Gasteiger partial charge in [-0.25, -0.2) is 4.98 Å². The molecule has 0 aliphatic rings. The number of terminal acetylenes is 1. The Bertz CT molecular complexity index is 342. The van der Waals surface area contributed by atoms with E-state index in [1.807, 2.05) is 0 Å². The van der Waals surface area contributed by atoms with Gasteiger partial charge in [-0.3, -0.25) is 4.79 Å². The van der Waals surface area contributed by atoms with Gasteiger partial charge in [0.05, 0.1) is 23.5 Å². The second kappa shape index (κ2) is 4.85. The third-order valence-corrected chi connectivity index (χ3v) is 2.48. The molecule has 0 aliphatic carbocycles. The molecular weight excluding hydrogens is 208 g/mol. The van der Waals surface area contributed by atoms with Gasteiger partial charge in [-0.05, 0) is 0 Å². The van der Waals surface area contributed by atoms with Gasteiger partial charge in [-0.1, -0.05) is 17.3 Å². The number of carbonyl (C=O) groups is 1. The number of rotatable bonds is 4. The largest absolute Gasteiger partial charge is 0.351 e. The third-order valence-electron chi connectivity index (χ3n) is 1.24. The van der Waals surface area contributed by atoms with Crippen LogP contribution in [0.25, 0.3) is 0 Å². The Morgan fingerprint density at radius 2 is 2.62 bits per heavy atom. The fourth-order valence-corrected chi connectivity index (χ4v) is 1.65. The highest BCUT2D eigenvalue weighted by Gasteiger charge is 2.08. The van der Waals surface area contributed by atoms with Gasteiger partial charge in [0.2, 0.25) is 0 Å². The number of carbonyl (C=O) groups excluding carboxylic acids is 1. The molecule has 0 fully saturated rings. The molecule has 0 bridgehead atoms. The van der Waals surface area contributed by atoms with E-state index in [0.717, 1.165) is 0 Å². The van der Waals surface area contributed by atoms with E-state index >= 15 is 0 Å². The molecule has 0 saturated heterocycles. The minimum atomic E-state index is -0.118. The second-order valence-electron chi connectivity index (χ2n) is 2.14. The van der Waals surface area contributed by atoms with Crippen LogP contribution >= 0.6 is 22.9 Å². The fraction of sp³-hybridized carbons (Fsp3) is 0.250. The maximum Gasteiger partial charge on any atom is 0.189 e. The predicted octanol–water partition coefficient (Wildman–Crippen LogP) is 1.61. The first kappa shape index (κ1) is 10.0. The van der Waals surface area contributed by atoms with Crippen LogP contribution in [0.3, 0.4) is 0 Å². The quantitative estimate of drug-likeness (QED) is 0.471. The number of hydrogen-bond acceptors (Lipinski definition) is 4. The fourth-order valence-electron chi connectivity index (χ4n) is 0.677. The average molecular weight is 215 g/mol.